The smallest absolute Gasteiger partial charge is 0.222 e. The summed E-state index contributed by atoms with van der Waals surface area (Å²) in [6, 6.07) is 9.13. The van der Waals surface area contributed by atoms with Crippen LogP contribution >= 0.6 is 11.3 Å². The van der Waals surface area contributed by atoms with Crippen molar-refractivity contribution in [1.82, 2.24) is 10.2 Å². The molecule has 1 amide bonds. The SMILES string of the molecule is CCC(=O)N1CC[C@@H](NCc2csc3ccccc23)[C@H](CC)C1. The van der Waals surface area contributed by atoms with E-state index >= 15 is 0 Å². The van der Waals surface area contributed by atoms with Crippen LogP contribution in [0.2, 0.25) is 0 Å². The largest absolute Gasteiger partial charge is 0.342 e. The fourth-order valence-electron chi connectivity index (χ4n) is 3.58. The molecule has 0 saturated carbocycles. The number of carbonyl (C=O) groups excluding carboxylic acids is 1. The summed E-state index contributed by atoms with van der Waals surface area (Å²) in [5, 5.41) is 7.41. The van der Waals surface area contributed by atoms with E-state index in [0.29, 0.717) is 24.3 Å². The predicted molar refractivity (Wildman–Crippen MR) is 97.7 cm³/mol. The lowest BCUT2D eigenvalue weighted by molar-refractivity contribution is -0.133. The maximum atomic E-state index is 11.9. The number of fused-ring (bicyclic) bond motifs is 1. The van der Waals surface area contributed by atoms with Gasteiger partial charge in [-0.25, -0.2) is 0 Å². The molecule has 1 aromatic carbocycles. The van der Waals surface area contributed by atoms with Crippen LogP contribution in [-0.4, -0.2) is 29.9 Å². The first-order valence-corrected chi connectivity index (χ1v) is 9.57. The van der Waals surface area contributed by atoms with Gasteiger partial charge in [0, 0.05) is 36.8 Å². The molecule has 0 aliphatic carbocycles. The average Bonchev–Trinajstić information content (AvgIpc) is 3.02. The molecule has 0 unspecified atom stereocenters. The number of amides is 1. The number of rotatable bonds is 5. The second-order valence-electron chi connectivity index (χ2n) is 6.39. The van der Waals surface area contributed by atoms with E-state index in [9.17, 15) is 4.79 Å². The zero-order valence-electron chi connectivity index (χ0n) is 14.0. The van der Waals surface area contributed by atoms with Crippen LogP contribution in [0.25, 0.3) is 10.1 Å². The summed E-state index contributed by atoms with van der Waals surface area (Å²) in [4.78, 5) is 14.0. The number of nitrogens with zero attached hydrogens (tertiary/aromatic N) is 1. The molecule has 124 valence electrons. The van der Waals surface area contributed by atoms with Gasteiger partial charge in [-0.3, -0.25) is 4.79 Å². The molecule has 1 saturated heterocycles. The summed E-state index contributed by atoms with van der Waals surface area (Å²) in [5.41, 5.74) is 1.40. The van der Waals surface area contributed by atoms with Gasteiger partial charge in [-0.15, -0.1) is 11.3 Å². The van der Waals surface area contributed by atoms with Gasteiger partial charge >= 0.3 is 0 Å². The number of carbonyl (C=O) groups is 1. The molecule has 23 heavy (non-hydrogen) atoms. The van der Waals surface area contributed by atoms with E-state index in [1.165, 1.54) is 15.6 Å². The number of hydrogen-bond donors (Lipinski definition) is 1. The number of hydrogen-bond acceptors (Lipinski definition) is 3. The highest BCUT2D eigenvalue weighted by atomic mass is 32.1. The normalized spacial score (nSPS) is 21.7. The highest BCUT2D eigenvalue weighted by Crippen LogP contribution is 2.27. The topological polar surface area (TPSA) is 32.3 Å². The zero-order valence-corrected chi connectivity index (χ0v) is 14.9. The molecule has 0 spiro atoms. The van der Waals surface area contributed by atoms with Crippen molar-refractivity contribution in [2.75, 3.05) is 13.1 Å². The Kier molecular flexibility index (Phi) is 5.34. The number of piperidine rings is 1. The molecule has 1 aliphatic rings. The van der Waals surface area contributed by atoms with Crippen LogP contribution in [0.3, 0.4) is 0 Å². The first kappa shape index (κ1) is 16.5. The quantitative estimate of drug-likeness (QED) is 0.898. The third kappa shape index (κ3) is 3.59. The van der Waals surface area contributed by atoms with Crippen molar-refractivity contribution in [2.24, 2.45) is 5.92 Å². The van der Waals surface area contributed by atoms with Gasteiger partial charge in [-0.05, 0) is 34.7 Å². The van der Waals surface area contributed by atoms with Crippen LogP contribution in [0, 0.1) is 5.92 Å². The van der Waals surface area contributed by atoms with E-state index in [4.69, 9.17) is 0 Å². The Morgan fingerprint density at radius 3 is 2.96 bits per heavy atom. The number of likely N-dealkylation sites (tertiary alicyclic amines) is 1. The van der Waals surface area contributed by atoms with Gasteiger partial charge in [0.15, 0.2) is 0 Å². The Morgan fingerprint density at radius 1 is 1.35 bits per heavy atom. The van der Waals surface area contributed by atoms with Crippen LogP contribution in [0.15, 0.2) is 29.6 Å². The highest BCUT2D eigenvalue weighted by molar-refractivity contribution is 7.17. The van der Waals surface area contributed by atoms with Crippen LogP contribution in [0.5, 0.6) is 0 Å². The van der Waals surface area contributed by atoms with Gasteiger partial charge in [-0.1, -0.05) is 38.5 Å². The lowest BCUT2D eigenvalue weighted by Gasteiger charge is -2.38. The van der Waals surface area contributed by atoms with E-state index in [0.717, 1.165) is 32.5 Å². The summed E-state index contributed by atoms with van der Waals surface area (Å²) in [6.45, 7) is 6.91. The number of nitrogens with one attached hydrogen (secondary N) is 1. The van der Waals surface area contributed by atoms with Crippen LogP contribution in [0.1, 0.15) is 38.7 Å². The molecule has 3 nitrogen and oxygen atoms in total. The second-order valence-corrected chi connectivity index (χ2v) is 7.31. The van der Waals surface area contributed by atoms with Gasteiger partial charge in [0.05, 0.1) is 0 Å². The first-order chi connectivity index (χ1) is 11.2. The summed E-state index contributed by atoms with van der Waals surface area (Å²) in [6.07, 6.45) is 2.80. The van der Waals surface area contributed by atoms with Crippen molar-refractivity contribution in [2.45, 2.75) is 45.7 Å². The van der Waals surface area contributed by atoms with E-state index in [1.807, 2.05) is 23.2 Å². The molecule has 2 aromatic rings. The molecule has 2 heterocycles. The minimum atomic E-state index is 0.297. The Hall–Kier alpha value is -1.39. The van der Waals surface area contributed by atoms with E-state index < -0.39 is 0 Å². The third-order valence-corrected chi connectivity index (χ3v) is 6.04. The van der Waals surface area contributed by atoms with E-state index in [1.54, 1.807) is 0 Å². The lowest BCUT2D eigenvalue weighted by atomic mass is 9.89. The van der Waals surface area contributed by atoms with Crippen molar-refractivity contribution in [3.8, 4) is 0 Å². The lowest BCUT2D eigenvalue weighted by Crippen LogP contribution is -2.50. The minimum Gasteiger partial charge on any atom is -0.342 e. The van der Waals surface area contributed by atoms with E-state index in [-0.39, 0.29) is 0 Å². The third-order valence-electron chi connectivity index (χ3n) is 5.03. The van der Waals surface area contributed by atoms with Crippen molar-refractivity contribution in [3.05, 3.63) is 35.2 Å². The number of thiophene rings is 1. The van der Waals surface area contributed by atoms with Crippen LogP contribution in [-0.2, 0) is 11.3 Å². The van der Waals surface area contributed by atoms with Crippen LogP contribution < -0.4 is 5.32 Å². The first-order valence-electron chi connectivity index (χ1n) is 8.69. The summed E-state index contributed by atoms with van der Waals surface area (Å²) in [7, 11) is 0. The molecule has 3 rings (SSSR count). The van der Waals surface area contributed by atoms with Crippen molar-refractivity contribution in [3.63, 3.8) is 0 Å². The molecular weight excluding hydrogens is 304 g/mol. The molecule has 0 bridgehead atoms. The Balaban J connectivity index is 1.62. The minimum absolute atomic E-state index is 0.297. The van der Waals surface area contributed by atoms with Gasteiger partial charge in [0.1, 0.15) is 0 Å². The predicted octanol–water partition coefficient (Wildman–Crippen LogP) is 4.03. The summed E-state index contributed by atoms with van der Waals surface area (Å²) in [5.74, 6) is 0.856. The second kappa shape index (κ2) is 7.45. The monoisotopic (exact) mass is 330 g/mol. The van der Waals surface area contributed by atoms with Crippen LogP contribution in [0.4, 0.5) is 0 Å². The van der Waals surface area contributed by atoms with E-state index in [2.05, 4.69) is 41.9 Å². The molecule has 4 heteroatoms. The summed E-state index contributed by atoms with van der Waals surface area (Å²) >= 11 is 1.82. The van der Waals surface area contributed by atoms with Gasteiger partial charge in [0.2, 0.25) is 5.91 Å². The zero-order chi connectivity index (χ0) is 16.2. The van der Waals surface area contributed by atoms with Crippen molar-refractivity contribution < 1.29 is 4.79 Å². The Morgan fingerprint density at radius 2 is 2.17 bits per heavy atom. The maximum absolute atomic E-state index is 11.9. The molecule has 2 atom stereocenters. The van der Waals surface area contributed by atoms with Gasteiger partial charge < -0.3 is 10.2 Å². The fraction of sp³-hybridized carbons (Fsp3) is 0.526. The molecule has 0 radical (unpaired) electrons. The molecular formula is C19H26N2OS. The highest BCUT2D eigenvalue weighted by Gasteiger charge is 2.29. The van der Waals surface area contributed by atoms with Crippen molar-refractivity contribution in [1.29, 1.82) is 0 Å². The summed E-state index contributed by atoms with van der Waals surface area (Å²) < 4.78 is 1.36. The number of benzene rings is 1. The van der Waals surface area contributed by atoms with Gasteiger partial charge in [0.25, 0.3) is 0 Å². The Bertz CT molecular complexity index is 666. The average molecular weight is 330 g/mol. The van der Waals surface area contributed by atoms with Gasteiger partial charge in [-0.2, -0.15) is 0 Å². The molecule has 1 N–H and O–H groups in total. The standard InChI is InChI=1S/C19H26N2OS/c1-3-14-12-21(19(22)4-2)10-9-17(14)20-11-15-13-23-18-8-6-5-7-16(15)18/h5-8,13-14,17,20H,3-4,9-12H2,1-2H3/t14-,17-/m1/s1. The Labute approximate surface area is 142 Å². The molecule has 1 aliphatic heterocycles. The fourth-order valence-corrected chi connectivity index (χ4v) is 4.54. The maximum Gasteiger partial charge on any atom is 0.222 e. The molecule has 1 aromatic heterocycles. The van der Waals surface area contributed by atoms with Crippen molar-refractivity contribution >= 4 is 27.3 Å². The molecule has 1 fully saturated rings.